The SMILES string of the molecule is Fc1ccc(OCc2cnc(SCCNCC3CC3)n2-c2ccc(Cl)cc2)cc1. The van der Waals surface area contributed by atoms with Crippen LogP contribution in [0.3, 0.4) is 0 Å². The molecule has 0 bridgehead atoms. The summed E-state index contributed by atoms with van der Waals surface area (Å²) in [6.07, 6.45) is 4.55. The fourth-order valence-electron chi connectivity index (χ4n) is 2.97. The van der Waals surface area contributed by atoms with E-state index in [9.17, 15) is 4.39 Å². The predicted molar refractivity (Wildman–Crippen MR) is 116 cm³/mol. The first-order valence-electron chi connectivity index (χ1n) is 9.73. The third-order valence-electron chi connectivity index (χ3n) is 4.73. The fourth-order valence-corrected chi connectivity index (χ4v) is 4.00. The molecule has 4 rings (SSSR count). The number of halogens is 2. The highest BCUT2D eigenvalue weighted by molar-refractivity contribution is 7.99. The van der Waals surface area contributed by atoms with Gasteiger partial charge in [0, 0.05) is 23.0 Å². The second-order valence-electron chi connectivity index (χ2n) is 7.08. The zero-order chi connectivity index (χ0) is 20.1. The van der Waals surface area contributed by atoms with Crippen LogP contribution in [0.1, 0.15) is 18.5 Å². The van der Waals surface area contributed by atoms with Crippen LogP contribution in [0, 0.1) is 11.7 Å². The van der Waals surface area contributed by atoms with E-state index in [4.69, 9.17) is 16.3 Å². The molecule has 0 amide bonds. The summed E-state index contributed by atoms with van der Waals surface area (Å²) in [5.41, 5.74) is 1.91. The Kier molecular flexibility index (Phi) is 6.74. The molecule has 2 aromatic carbocycles. The number of nitrogens with one attached hydrogen (secondary N) is 1. The Morgan fingerprint density at radius 2 is 1.90 bits per heavy atom. The third kappa shape index (κ3) is 5.75. The van der Waals surface area contributed by atoms with Crippen molar-refractivity contribution in [1.29, 1.82) is 0 Å². The number of hydrogen-bond donors (Lipinski definition) is 1. The quantitative estimate of drug-likeness (QED) is 0.347. The lowest BCUT2D eigenvalue weighted by molar-refractivity contribution is 0.298. The molecule has 0 spiro atoms. The molecule has 1 heterocycles. The Balaban J connectivity index is 1.46. The number of ether oxygens (including phenoxy) is 1. The van der Waals surface area contributed by atoms with Gasteiger partial charge >= 0.3 is 0 Å². The molecule has 0 unspecified atom stereocenters. The monoisotopic (exact) mass is 431 g/mol. The number of thioether (sulfide) groups is 1. The second-order valence-corrected chi connectivity index (χ2v) is 8.58. The number of hydrogen-bond acceptors (Lipinski definition) is 4. The summed E-state index contributed by atoms with van der Waals surface area (Å²) < 4.78 is 21.0. The van der Waals surface area contributed by atoms with Crippen molar-refractivity contribution in [2.24, 2.45) is 5.92 Å². The van der Waals surface area contributed by atoms with Gasteiger partial charge in [-0.2, -0.15) is 0 Å². The van der Waals surface area contributed by atoms with Crippen LogP contribution in [0.4, 0.5) is 4.39 Å². The molecule has 29 heavy (non-hydrogen) atoms. The molecule has 0 radical (unpaired) electrons. The van der Waals surface area contributed by atoms with E-state index in [2.05, 4.69) is 14.9 Å². The smallest absolute Gasteiger partial charge is 0.172 e. The first-order valence-corrected chi connectivity index (χ1v) is 11.1. The average Bonchev–Trinajstić information content (AvgIpc) is 3.47. The van der Waals surface area contributed by atoms with Crippen molar-refractivity contribution >= 4 is 23.4 Å². The van der Waals surface area contributed by atoms with Gasteiger partial charge < -0.3 is 10.1 Å². The average molecular weight is 432 g/mol. The standard InChI is InChI=1S/C22H23ClFN3OS/c23-17-3-7-19(8-4-17)27-20(15-28-21-9-5-18(24)6-10-21)14-26-22(27)29-12-11-25-13-16-1-2-16/h3-10,14,16,25H,1-2,11-13,15H2. The van der Waals surface area contributed by atoms with Crippen LogP contribution in [-0.2, 0) is 6.61 Å². The van der Waals surface area contributed by atoms with Gasteiger partial charge in [-0.3, -0.25) is 4.57 Å². The molecule has 1 aliphatic carbocycles. The molecule has 4 nitrogen and oxygen atoms in total. The normalized spacial score (nSPS) is 13.6. The summed E-state index contributed by atoms with van der Waals surface area (Å²) >= 11 is 7.78. The van der Waals surface area contributed by atoms with Gasteiger partial charge in [-0.15, -0.1) is 0 Å². The Bertz CT molecular complexity index is 926. The maximum atomic E-state index is 13.1. The maximum absolute atomic E-state index is 13.1. The van der Waals surface area contributed by atoms with Gasteiger partial charge in [0.1, 0.15) is 18.2 Å². The van der Waals surface area contributed by atoms with Gasteiger partial charge in [0.2, 0.25) is 0 Å². The van der Waals surface area contributed by atoms with Crippen molar-refractivity contribution in [1.82, 2.24) is 14.9 Å². The van der Waals surface area contributed by atoms with Crippen LogP contribution in [0.2, 0.25) is 5.02 Å². The summed E-state index contributed by atoms with van der Waals surface area (Å²) in [4.78, 5) is 4.61. The highest BCUT2D eigenvalue weighted by Crippen LogP contribution is 2.28. The first-order chi connectivity index (χ1) is 14.2. The molecule has 1 saturated carbocycles. The first kappa shape index (κ1) is 20.3. The maximum Gasteiger partial charge on any atom is 0.172 e. The zero-order valence-corrected chi connectivity index (χ0v) is 17.6. The molecule has 152 valence electrons. The zero-order valence-electron chi connectivity index (χ0n) is 16.0. The molecule has 1 aromatic heterocycles. The Hall–Kier alpha value is -2.02. The van der Waals surface area contributed by atoms with E-state index in [1.165, 1.54) is 25.0 Å². The minimum Gasteiger partial charge on any atom is -0.487 e. The number of imidazole rings is 1. The molecule has 1 N–H and O–H groups in total. The predicted octanol–water partition coefficient (Wildman–Crippen LogP) is 5.34. The highest BCUT2D eigenvalue weighted by Gasteiger charge is 2.20. The lowest BCUT2D eigenvalue weighted by Crippen LogP contribution is -2.19. The van der Waals surface area contributed by atoms with Crippen molar-refractivity contribution < 1.29 is 9.13 Å². The van der Waals surface area contributed by atoms with Gasteiger partial charge in [0.15, 0.2) is 5.16 Å². The number of benzene rings is 2. The van der Waals surface area contributed by atoms with Gasteiger partial charge in [0.25, 0.3) is 0 Å². The Labute approximate surface area is 179 Å². The van der Waals surface area contributed by atoms with Gasteiger partial charge in [-0.25, -0.2) is 9.37 Å². The fraction of sp³-hybridized carbons (Fsp3) is 0.318. The number of nitrogens with zero attached hydrogens (tertiary/aromatic N) is 2. The minimum atomic E-state index is -0.280. The molecule has 1 fully saturated rings. The third-order valence-corrected chi connectivity index (χ3v) is 5.93. The van der Waals surface area contributed by atoms with Crippen molar-refractivity contribution in [3.8, 4) is 11.4 Å². The van der Waals surface area contributed by atoms with E-state index in [0.717, 1.165) is 41.3 Å². The number of rotatable bonds is 10. The molecule has 3 aromatic rings. The summed E-state index contributed by atoms with van der Waals surface area (Å²) in [5, 5.41) is 5.12. The molecule has 0 atom stereocenters. The van der Waals surface area contributed by atoms with Gasteiger partial charge in [-0.1, -0.05) is 23.4 Å². The largest absolute Gasteiger partial charge is 0.487 e. The van der Waals surface area contributed by atoms with Crippen molar-refractivity contribution in [2.75, 3.05) is 18.8 Å². The second kappa shape index (κ2) is 9.65. The topological polar surface area (TPSA) is 39.1 Å². The van der Waals surface area contributed by atoms with E-state index in [1.54, 1.807) is 23.9 Å². The van der Waals surface area contributed by atoms with Gasteiger partial charge in [0.05, 0.1) is 11.9 Å². The molecule has 7 heteroatoms. The summed E-state index contributed by atoms with van der Waals surface area (Å²) in [7, 11) is 0. The summed E-state index contributed by atoms with van der Waals surface area (Å²) in [6.45, 7) is 2.40. The van der Waals surface area contributed by atoms with E-state index in [0.29, 0.717) is 17.4 Å². The van der Waals surface area contributed by atoms with E-state index in [-0.39, 0.29) is 5.82 Å². The lowest BCUT2D eigenvalue weighted by atomic mass is 10.3. The Morgan fingerprint density at radius 1 is 1.14 bits per heavy atom. The summed E-state index contributed by atoms with van der Waals surface area (Å²) in [5.74, 6) is 2.16. The van der Waals surface area contributed by atoms with Crippen LogP contribution >= 0.6 is 23.4 Å². The van der Waals surface area contributed by atoms with Gasteiger partial charge in [-0.05, 0) is 73.8 Å². The van der Waals surface area contributed by atoms with Crippen molar-refractivity contribution in [3.63, 3.8) is 0 Å². The lowest BCUT2D eigenvalue weighted by Gasteiger charge is -2.13. The summed E-state index contributed by atoms with van der Waals surface area (Å²) in [6, 6.07) is 13.7. The molecule has 1 aliphatic rings. The van der Waals surface area contributed by atoms with Crippen LogP contribution in [0.15, 0.2) is 59.9 Å². The molecule has 0 saturated heterocycles. The van der Waals surface area contributed by atoms with Crippen LogP contribution in [0.25, 0.3) is 5.69 Å². The van der Waals surface area contributed by atoms with Crippen LogP contribution in [-0.4, -0.2) is 28.4 Å². The number of aromatic nitrogens is 2. The minimum absolute atomic E-state index is 0.280. The van der Waals surface area contributed by atoms with Crippen molar-refractivity contribution in [2.45, 2.75) is 24.6 Å². The Morgan fingerprint density at radius 3 is 2.62 bits per heavy atom. The van der Waals surface area contributed by atoms with E-state index >= 15 is 0 Å². The van der Waals surface area contributed by atoms with E-state index in [1.807, 2.05) is 30.5 Å². The van der Waals surface area contributed by atoms with Crippen LogP contribution in [0.5, 0.6) is 5.75 Å². The van der Waals surface area contributed by atoms with Crippen molar-refractivity contribution in [3.05, 3.63) is 71.3 Å². The van der Waals surface area contributed by atoms with E-state index < -0.39 is 0 Å². The van der Waals surface area contributed by atoms with Crippen LogP contribution < -0.4 is 10.1 Å². The molecule has 0 aliphatic heterocycles. The molecular formula is C22H23ClFN3OS. The molecular weight excluding hydrogens is 409 g/mol. The highest BCUT2D eigenvalue weighted by atomic mass is 35.5.